The van der Waals surface area contributed by atoms with Gasteiger partial charge < -0.3 is 20.3 Å². The van der Waals surface area contributed by atoms with Crippen LogP contribution in [0.3, 0.4) is 0 Å². The minimum Gasteiger partial charge on any atom is -0.478 e. The van der Waals surface area contributed by atoms with Gasteiger partial charge in [-0.25, -0.2) is 4.79 Å². The molecule has 2 unspecified atom stereocenters. The van der Waals surface area contributed by atoms with Crippen molar-refractivity contribution < 1.29 is 33.8 Å². The first-order valence-electron chi connectivity index (χ1n) is 4.12. The molecule has 2 atom stereocenters. The molecule has 0 saturated heterocycles. The number of esters is 2. The zero-order valence-corrected chi connectivity index (χ0v) is 8.63. The lowest BCUT2D eigenvalue weighted by atomic mass is 10.2. The van der Waals surface area contributed by atoms with Gasteiger partial charge in [-0.05, 0) is 0 Å². The van der Waals surface area contributed by atoms with Gasteiger partial charge in [-0.15, -0.1) is 0 Å². The number of aliphatic carboxylic acids is 1. The summed E-state index contributed by atoms with van der Waals surface area (Å²) in [6.45, 7) is 1.91. The molecule has 0 aromatic rings. The number of carbonyl (C=O) groups is 4. The maximum Gasteiger partial charge on any atom is 0.349 e. The lowest BCUT2D eigenvalue weighted by molar-refractivity contribution is -0.180. The molecule has 0 fully saturated rings. The number of hydrogen-bond donors (Lipinski definition) is 2. The Balaban J connectivity index is 4.93. The van der Waals surface area contributed by atoms with E-state index in [1.165, 1.54) is 0 Å². The van der Waals surface area contributed by atoms with Crippen LogP contribution in [0.2, 0.25) is 0 Å². The standard InChI is InChI=1S/C8H11NO7/c1-3(10)15-5(7(9)12)6(8(13)14)16-4(2)11/h5-6H,1-2H3,(H2,9,12)(H,13,14). The van der Waals surface area contributed by atoms with E-state index >= 15 is 0 Å². The lowest BCUT2D eigenvalue weighted by Crippen LogP contribution is -2.48. The number of carboxylic acid groups (broad SMARTS) is 1. The molecular weight excluding hydrogens is 222 g/mol. The number of amides is 1. The van der Waals surface area contributed by atoms with Gasteiger partial charge in [-0.2, -0.15) is 0 Å². The average Bonchev–Trinajstić information content (AvgIpc) is 2.09. The van der Waals surface area contributed by atoms with Crippen molar-refractivity contribution in [1.82, 2.24) is 0 Å². The van der Waals surface area contributed by atoms with Gasteiger partial charge in [0.2, 0.25) is 12.2 Å². The molecule has 0 heterocycles. The summed E-state index contributed by atoms with van der Waals surface area (Å²) in [5.41, 5.74) is 4.83. The maximum absolute atomic E-state index is 10.9. The van der Waals surface area contributed by atoms with Crippen LogP contribution in [-0.2, 0) is 28.7 Å². The second-order valence-corrected chi connectivity index (χ2v) is 2.80. The first-order valence-corrected chi connectivity index (χ1v) is 4.12. The number of carbonyl (C=O) groups excluding carboxylic acids is 3. The zero-order valence-electron chi connectivity index (χ0n) is 8.63. The van der Waals surface area contributed by atoms with Crippen molar-refractivity contribution in [3.63, 3.8) is 0 Å². The van der Waals surface area contributed by atoms with Gasteiger partial charge in [0, 0.05) is 13.8 Å². The average molecular weight is 233 g/mol. The van der Waals surface area contributed by atoms with Crippen LogP contribution >= 0.6 is 0 Å². The highest BCUT2D eigenvalue weighted by atomic mass is 16.6. The summed E-state index contributed by atoms with van der Waals surface area (Å²) in [7, 11) is 0. The molecule has 0 bridgehead atoms. The summed E-state index contributed by atoms with van der Waals surface area (Å²) < 4.78 is 8.68. The second-order valence-electron chi connectivity index (χ2n) is 2.80. The predicted molar refractivity (Wildman–Crippen MR) is 47.9 cm³/mol. The van der Waals surface area contributed by atoms with Gasteiger partial charge in [0.25, 0.3) is 5.91 Å². The molecule has 16 heavy (non-hydrogen) atoms. The molecule has 1 amide bonds. The van der Waals surface area contributed by atoms with E-state index in [4.69, 9.17) is 10.8 Å². The molecule has 0 radical (unpaired) electrons. The van der Waals surface area contributed by atoms with E-state index < -0.39 is 36.0 Å². The van der Waals surface area contributed by atoms with E-state index in [0.29, 0.717) is 0 Å². The molecule has 0 saturated carbocycles. The van der Waals surface area contributed by atoms with Gasteiger partial charge in [0.15, 0.2) is 0 Å². The molecule has 0 aromatic carbocycles. The second kappa shape index (κ2) is 5.69. The summed E-state index contributed by atoms with van der Waals surface area (Å²) >= 11 is 0. The Hall–Kier alpha value is -2.12. The number of primary amides is 1. The summed E-state index contributed by atoms with van der Waals surface area (Å²) in [6.07, 6.45) is -3.79. The number of hydrogen-bond acceptors (Lipinski definition) is 6. The largest absolute Gasteiger partial charge is 0.478 e. The van der Waals surface area contributed by atoms with Crippen molar-refractivity contribution >= 4 is 23.8 Å². The summed E-state index contributed by atoms with van der Waals surface area (Å²) in [4.78, 5) is 42.7. The first-order chi connectivity index (χ1) is 7.25. The molecule has 0 aliphatic rings. The highest BCUT2D eigenvalue weighted by Gasteiger charge is 2.37. The minimum absolute atomic E-state index is 0.915. The molecule has 3 N–H and O–H groups in total. The normalized spacial score (nSPS) is 13.4. The molecular formula is C8H11NO7. The monoisotopic (exact) mass is 233 g/mol. The topological polar surface area (TPSA) is 133 Å². The molecule has 0 aliphatic heterocycles. The zero-order chi connectivity index (χ0) is 12.9. The van der Waals surface area contributed by atoms with Crippen LogP contribution in [0, 0.1) is 0 Å². The molecule has 8 heteroatoms. The maximum atomic E-state index is 10.9. The highest BCUT2D eigenvalue weighted by molar-refractivity contribution is 5.89. The van der Waals surface area contributed by atoms with Crippen molar-refractivity contribution in [2.24, 2.45) is 5.73 Å². The Kier molecular flexibility index (Phi) is 4.93. The van der Waals surface area contributed by atoms with Crippen LogP contribution in [0.4, 0.5) is 0 Å². The SMILES string of the molecule is CC(=O)OC(C(N)=O)C(OC(C)=O)C(=O)O. The molecule has 0 rings (SSSR count). The molecule has 0 aliphatic carbocycles. The summed E-state index contributed by atoms with van der Waals surface area (Å²) in [5, 5.41) is 8.68. The van der Waals surface area contributed by atoms with Crippen LogP contribution in [0.15, 0.2) is 0 Å². The van der Waals surface area contributed by atoms with Gasteiger partial charge in [-0.1, -0.05) is 0 Å². The number of nitrogens with two attached hydrogens (primary N) is 1. The minimum atomic E-state index is -1.95. The van der Waals surface area contributed by atoms with Crippen molar-refractivity contribution in [2.75, 3.05) is 0 Å². The van der Waals surface area contributed by atoms with Crippen molar-refractivity contribution in [1.29, 1.82) is 0 Å². The Morgan fingerprint density at radius 2 is 1.38 bits per heavy atom. The van der Waals surface area contributed by atoms with Gasteiger partial charge in [-0.3, -0.25) is 14.4 Å². The Labute approximate surface area is 90.3 Å². The predicted octanol–water partition coefficient (Wildman–Crippen LogP) is -1.58. The Morgan fingerprint density at radius 3 is 1.62 bits per heavy atom. The molecule has 90 valence electrons. The quantitative estimate of drug-likeness (QED) is 0.547. The fourth-order valence-electron chi connectivity index (χ4n) is 0.868. The highest BCUT2D eigenvalue weighted by Crippen LogP contribution is 2.06. The Morgan fingerprint density at radius 1 is 1.00 bits per heavy atom. The van der Waals surface area contributed by atoms with Crippen LogP contribution in [0.5, 0.6) is 0 Å². The van der Waals surface area contributed by atoms with Crippen LogP contribution in [0.1, 0.15) is 13.8 Å². The van der Waals surface area contributed by atoms with E-state index in [1.54, 1.807) is 0 Å². The fraction of sp³-hybridized carbons (Fsp3) is 0.500. The van der Waals surface area contributed by atoms with E-state index in [2.05, 4.69) is 9.47 Å². The van der Waals surface area contributed by atoms with Crippen molar-refractivity contribution in [3.8, 4) is 0 Å². The molecule has 8 nitrogen and oxygen atoms in total. The smallest absolute Gasteiger partial charge is 0.349 e. The van der Waals surface area contributed by atoms with Crippen LogP contribution in [0.25, 0.3) is 0 Å². The van der Waals surface area contributed by atoms with Crippen LogP contribution < -0.4 is 5.73 Å². The van der Waals surface area contributed by atoms with Gasteiger partial charge in [0.1, 0.15) is 0 Å². The van der Waals surface area contributed by atoms with E-state index in [-0.39, 0.29) is 0 Å². The van der Waals surface area contributed by atoms with Crippen LogP contribution in [-0.4, -0.2) is 41.1 Å². The molecule has 0 aromatic heterocycles. The number of carboxylic acids is 1. The number of ether oxygens (including phenoxy) is 2. The van der Waals surface area contributed by atoms with Gasteiger partial charge in [0.05, 0.1) is 0 Å². The summed E-state index contributed by atoms with van der Waals surface area (Å²) in [6, 6.07) is 0. The first kappa shape index (κ1) is 13.9. The lowest BCUT2D eigenvalue weighted by Gasteiger charge is -2.20. The van der Waals surface area contributed by atoms with E-state index in [1.807, 2.05) is 0 Å². The number of rotatable bonds is 5. The Bertz CT molecular complexity index is 292. The fourth-order valence-corrected chi connectivity index (χ4v) is 0.868. The van der Waals surface area contributed by atoms with E-state index in [0.717, 1.165) is 13.8 Å². The third-order valence-corrected chi connectivity index (χ3v) is 1.38. The van der Waals surface area contributed by atoms with Crippen molar-refractivity contribution in [3.05, 3.63) is 0 Å². The third-order valence-electron chi connectivity index (χ3n) is 1.38. The summed E-state index contributed by atoms with van der Waals surface area (Å²) in [5.74, 6) is -4.71. The van der Waals surface area contributed by atoms with Crippen molar-refractivity contribution in [2.45, 2.75) is 26.1 Å². The molecule has 0 spiro atoms. The third kappa shape index (κ3) is 4.40. The van der Waals surface area contributed by atoms with E-state index in [9.17, 15) is 19.2 Å². The van der Waals surface area contributed by atoms with Gasteiger partial charge >= 0.3 is 17.9 Å².